The van der Waals surface area contributed by atoms with Crippen LogP contribution in [-0.4, -0.2) is 27.3 Å². The van der Waals surface area contributed by atoms with Crippen molar-refractivity contribution in [3.05, 3.63) is 118 Å². The summed E-state index contributed by atoms with van der Waals surface area (Å²) in [6.07, 6.45) is -0.844. The van der Waals surface area contributed by atoms with Gasteiger partial charge in [-0.25, -0.2) is 4.98 Å². The van der Waals surface area contributed by atoms with Crippen LogP contribution < -0.4 is 5.32 Å². The molecule has 0 spiro atoms. The van der Waals surface area contributed by atoms with Crippen LogP contribution in [0.2, 0.25) is 0 Å². The number of nitrogens with one attached hydrogen (secondary N) is 1. The van der Waals surface area contributed by atoms with Crippen LogP contribution in [0.15, 0.2) is 77.5 Å². The predicted molar refractivity (Wildman–Crippen MR) is 137 cm³/mol. The van der Waals surface area contributed by atoms with Crippen LogP contribution in [0.4, 0.5) is 13.2 Å². The molecule has 2 aromatic heterocycles. The lowest BCUT2D eigenvalue weighted by Gasteiger charge is -2.23. The summed E-state index contributed by atoms with van der Waals surface area (Å²) in [7, 11) is 0. The zero-order valence-electron chi connectivity index (χ0n) is 21.3. The fraction of sp³-hybridized carbons (Fsp3) is 0.276. The van der Waals surface area contributed by atoms with Gasteiger partial charge in [-0.1, -0.05) is 48.0 Å². The molecule has 0 aliphatic heterocycles. The highest BCUT2D eigenvalue weighted by Gasteiger charge is 2.30. The molecule has 4 aromatic rings. The predicted octanol–water partition coefficient (Wildman–Crippen LogP) is 5.88. The number of alkyl halides is 3. The average molecular weight is 523 g/mol. The van der Waals surface area contributed by atoms with E-state index in [0.29, 0.717) is 31.0 Å². The van der Waals surface area contributed by atoms with Crippen LogP contribution in [0, 0.1) is 13.8 Å². The van der Waals surface area contributed by atoms with Crippen molar-refractivity contribution in [1.82, 2.24) is 20.2 Å². The molecule has 198 valence electrons. The first-order valence-electron chi connectivity index (χ1n) is 12.2. The minimum atomic E-state index is -4.42. The van der Waals surface area contributed by atoms with Crippen LogP contribution >= 0.6 is 0 Å². The molecule has 0 aliphatic carbocycles. The lowest BCUT2D eigenvalue weighted by Crippen LogP contribution is -2.26. The smallest absolute Gasteiger partial charge is 0.416 e. The number of hydrogen-bond donors (Lipinski definition) is 1. The molecule has 0 saturated heterocycles. The Kier molecular flexibility index (Phi) is 8.58. The Labute approximate surface area is 219 Å². The maximum Gasteiger partial charge on any atom is 0.416 e. The van der Waals surface area contributed by atoms with Crippen molar-refractivity contribution in [2.45, 2.75) is 46.1 Å². The van der Waals surface area contributed by atoms with E-state index >= 15 is 0 Å². The number of rotatable bonds is 10. The Balaban J connectivity index is 1.47. The van der Waals surface area contributed by atoms with Gasteiger partial charge in [0.2, 0.25) is 5.89 Å². The highest BCUT2D eigenvalue weighted by molar-refractivity contribution is 5.91. The Bertz CT molecular complexity index is 1370. The summed E-state index contributed by atoms with van der Waals surface area (Å²) in [6.45, 7) is 5.31. The molecule has 0 saturated carbocycles. The summed E-state index contributed by atoms with van der Waals surface area (Å²) >= 11 is 0. The van der Waals surface area contributed by atoms with Gasteiger partial charge >= 0.3 is 6.18 Å². The summed E-state index contributed by atoms with van der Waals surface area (Å²) in [6, 6.07) is 17.0. The van der Waals surface area contributed by atoms with Gasteiger partial charge in [-0.3, -0.25) is 14.7 Å². The van der Waals surface area contributed by atoms with E-state index in [0.717, 1.165) is 34.5 Å². The van der Waals surface area contributed by atoms with Crippen LogP contribution in [-0.2, 0) is 32.2 Å². The van der Waals surface area contributed by atoms with Crippen molar-refractivity contribution < 1.29 is 22.4 Å². The van der Waals surface area contributed by atoms with Gasteiger partial charge in [0.05, 0.1) is 12.1 Å². The summed E-state index contributed by atoms with van der Waals surface area (Å²) < 4.78 is 45.4. The molecular weight excluding hydrogens is 493 g/mol. The topological polar surface area (TPSA) is 71.3 Å². The normalized spacial score (nSPS) is 11.6. The van der Waals surface area contributed by atoms with Gasteiger partial charge in [-0.2, -0.15) is 13.2 Å². The van der Waals surface area contributed by atoms with E-state index in [4.69, 9.17) is 4.42 Å². The number of oxazole rings is 1. The number of amides is 1. The SMILES string of the molecule is Cc1ccc(C)c(CN(Cc2cccc(C(F)(F)F)c2)Cc2nc(C(=O)NCCc3ccccn3)co2)c1. The molecule has 2 heterocycles. The molecule has 38 heavy (non-hydrogen) atoms. The van der Waals surface area contributed by atoms with Crippen molar-refractivity contribution in [1.29, 1.82) is 0 Å². The van der Waals surface area contributed by atoms with E-state index in [-0.39, 0.29) is 24.7 Å². The Morgan fingerprint density at radius 2 is 1.84 bits per heavy atom. The highest BCUT2D eigenvalue weighted by Crippen LogP contribution is 2.30. The molecule has 0 bridgehead atoms. The van der Waals surface area contributed by atoms with E-state index in [2.05, 4.69) is 21.4 Å². The Morgan fingerprint density at radius 3 is 2.61 bits per heavy atom. The molecule has 2 aromatic carbocycles. The van der Waals surface area contributed by atoms with Crippen molar-refractivity contribution in [2.75, 3.05) is 6.54 Å². The molecule has 0 aliphatic rings. The summed E-state index contributed by atoms with van der Waals surface area (Å²) in [4.78, 5) is 23.1. The number of halogens is 3. The molecule has 1 N–H and O–H groups in total. The summed E-state index contributed by atoms with van der Waals surface area (Å²) in [5.74, 6) is -0.0629. The molecular formula is C29H29F3N4O2. The first-order valence-corrected chi connectivity index (χ1v) is 12.2. The molecule has 6 nitrogen and oxygen atoms in total. The number of hydrogen-bond acceptors (Lipinski definition) is 5. The largest absolute Gasteiger partial charge is 0.447 e. The van der Waals surface area contributed by atoms with Gasteiger partial charge < -0.3 is 9.73 Å². The Hall–Kier alpha value is -3.98. The lowest BCUT2D eigenvalue weighted by atomic mass is 10.0. The minimum Gasteiger partial charge on any atom is -0.447 e. The zero-order valence-corrected chi connectivity index (χ0v) is 21.3. The van der Waals surface area contributed by atoms with Gasteiger partial charge in [-0.15, -0.1) is 0 Å². The number of aryl methyl sites for hydroxylation is 2. The molecule has 0 atom stereocenters. The van der Waals surface area contributed by atoms with E-state index in [1.807, 2.05) is 49.1 Å². The first kappa shape index (κ1) is 27.1. The maximum absolute atomic E-state index is 13.3. The van der Waals surface area contributed by atoms with Crippen LogP contribution in [0.25, 0.3) is 0 Å². The number of nitrogens with zero attached hydrogens (tertiary/aromatic N) is 3. The fourth-order valence-electron chi connectivity index (χ4n) is 4.10. The molecule has 1 amide bonds. The van der Waals surface area contributed by atoms with E-state index in [9.17, 15) is 18.0 Å². The van der Waals surface area contributed by atoms with Gasteiger partial charge in [-0.05, 0) is 48.7 Å². The van der Waals surface area contributed by atoms with Crippen molar-refractivity contribution in [3.63, 3.8) is 0 Å². The van der Waals surface area contributed by atoms with Crippen LogP contribution in [0.3, 0.4) is 0 Å². The standard InChI is InChI=1S/C29H29F3N4O2/c1-20-9-10-21(2)23(14-20)17-36(16-22-6-5-7-24(15-22)29(30,31)32)18-27-35-26(19-38-27)28(37)34-13-11-25-8-3-4-12-33-25/h3-10,12,14-15,19H,11,13,16-18H2,1-2H3,(H,34,37). The number of carbonyl (C=O) groups is 1. The molecule has 4 rings (SSSR count). The van der Waals surface area contributed by atoms with Crippen LogP contribution in [0.5, 0.6) is 0 Å². The van der Waals surface area contributed by atoms with Gasteiger partial charge in [0.25, 0.3) is 5.91 Å². The Morgan fingerprint density at radius 1 is 1.00 bits per heavy atom. The molecule has 0 fully saturated rings. The van der Waals surface area contributed by atoms with E-state index < -0.39 is 11.7 Å². The number of pyridine rings is 1. The van der Waals surface area contributed by atoms with Gasteiger partial charge in [0.15, 0.2) is 5.69 Å². The maximum atomic E-state index is 13.3. The fourth-order valence-corrected chi connectivity index (χ4v) is 4.10. The van der Waals surface area contributed by atoms with E-state index in [1.165, 1.54) is 12.3 Å². The molecule has 9 heteroatoms. The van der Waals surface area contributed by atoms with Crippen molar-refractivity contribution >= 4 is 5.91 Å². The number of carbonyl (C=O) groups excluding carboxylic acids is 1. The second kappa shape index (κ2) is 12.0. The quantitative estimate of drug-likeness (QED) is 0.282. The van der Waals surface area contributed by atoms with Gasteiger partial charge in [0.1, 0.15) is 6.26 Å². The van der Waals surface area contributed by atoms with Gasteiger partial charge in [0, 0.05) is 37.9 Å². The second-order valence-electron chi connectivity index (χ2n) is 9.23. The third-order valence-electron chi connectivity index (χ3n) is 6.10. The molecule has 0 unspecified atom stereocenters. The van der Waals surface area contributed by atoms with Crippen molar-refractivity contribution in [2.24, 2.45) is 0 Å². The highest BCUT2D eigenvalue weighted by atomic mass is 19.4. The average Bonchev–Trinajstić information content (AvgIpc) is 3.35. The third kappa shape index (κ3) is 7.52. The monoisotopic (exact) mass is 522 g/mol. The molecule has 0 radical (unpaired) electrons. The minimum absolute atomic E-state index is 0.145. The summed E-state index contributed by atoms with van der Waals surface area (Å²) in [5.41, 5.74) is 4.05. The van der Waals surface area contributed by atoms with E-state index in [1.54, 1.807) is 12.3 Å². The number of aromatic nitrogens is 2. The number of benzene rings is 2. The zero-order chi connectivity index (χ0) is 27.1. The van der Waals surface area contributed by atoms with Crippen LogP contribution in [0.1, 0.15) is 49.9 Å². The first-order chi connectivity index (χ1) is 18.2. The second-order valence-corrected chi connectivity index (χ2v) is 9.23. The lowest BCUT2D eigenvalue weighted by molar-refractivity contribution is -0.137. The van der Waals surface area contributed by atoms with Crippen molar-refractivity contribution in [3.8, 4) is 0 Å². The third-order valence-corrected chi connectivity index (χ3v) is 6.10. The summed E-state index contributed by atoms with van der Waals surface area (Å²) in [5, 5.41) is 2.81.